The molecule has 1 saturated heterocycles. The molecule has 1 N–H and O–H groups in total. The minimum Gasteiger partial charge on any atom is -0.507 e. The molecular formula is C31H42N2O6. The molecule has 212 valence electrons. The molecular weight excluding hydrogens is 496 g/mol. The van der Waals surface area contributed by atoms with Crippen molar-refractivity contribution in [2.45, 2.75) is 46.6 Å². The van der Waals surface area contributed by atoms with Crippen LogP contribution in [-0.2, 0) is 9.59 Å². The van der Waals surface area contributed by atoms with Gasteiger partial charge in [0.2, 0.25) is 0 Å². The van der Waals surface area contributed by atoms with Gasteiger partial charge in [0, 0.05) is 12.1 Å². The zero-order chi connectivity index (χ0) is 28.5. The van der Waals surface area contributed by atoms with E-state index in [2.05, 4.69) is 32.6 Å². The summed E-state index contributed by atoms with van der Waals surface area (Å²) in [4.78, 5) is 30.6. The predicted octanol–water partition coefficient (Wildman–Crippen LogP) is 5.28. The summed E-state index contributed by atoms with van der Waals surface area (Å²) in [5.74, 6) is 0.565. The zero-order valence-electron chi connectivity index (χ0n) is 24.0. The molecule has 8 heteroatoms. The third-order valence-electron chi connectivity index (χ3n) is 7.11. The molecule has 1 fully saturated rings. The lowest BCUT2D eigenvalue weighted by Crippen LogP contribution is -2.33. The molecule has 2 aromatic rings. The van der Waals surface area contributed by atoms with Crippen LogP contribution in [0.25, 0.3) is 5.76 Å². The van der Waals surface area contributed by atoms with Gasteiger partial charge < -0.3 is 29.1 Å². The molecule has 1 amide bonds. The van der Waals surface area contributed by atoms with Crippen LogP contribution in [0.15, 0.2) is 48.0 Å². The molecule has 0 saturated carbocycles. The van der Waals surface area contributed by atoms with Gasteiger partial charge in [0.1, 0.15) is 11.5 Å². The molecule has 1 heterocycles. The Bertz CT molecular complexity index is 1170. The van der Waals surface area contributed by atoms with Crippen molar-refractivity contribution >= 4 is 17.4 Å². The second kappa shape index (κ2) is 14.0. The summed E-state index contributed by atoms with van der Waals surface area (Å²) in [6.07, 6.45) is 1.59. The van der Waals surface area contributed by atoms with Gasteiger partial charge in [0.15, 0.2) is 11.5 Å². The maximum atomic E-state index is 13.4. The Labute approximate surface area is 232 Å². The monoisotopic (exact) mass is 538 g/mol. The van der Waals surface area contributed by atoms with Gasteiger partial charge in [-0.3, -0.25) is 9.59 Å². The van der Waals surface area contributed by atoms with Crippen LogP contribution in [0.4, 0.5) is 0 Å². The number of likely N-dealkylation sites (tertiary alicyclic amines) is 1. The number of carbonyl (C=O) groups is 2. The van der Waals surface area contributed by atoms with Crippen LogP contribution in [0.3, 0.4) is 0 Å². The summed E-state index contributed by atoms with van der Waals surface area (Å²) in [6.45, 7) is 12.0. The number of ketones is 1. The summed E-state index contributed by atoms with van der Waals surface area (Å²) < 4.78 is 16.9. The standard InChI is InChI=1S/C31H42N2O6/c1-7-32(8-2)16-10-17-33-28(22-13-14-25(26(20-22)38-6)39-18-15-21(3)4)27(30(35)31(33)36)29(34)23-11-9-12-24(19-23)37-5/h9,11-14,19-21,28,34H,7-8,10,15-18H2,1-6H3. The van der Waals surface area contributed by atoms with Gasteiger partial charge in [-0.2, -0.15) is 0 Å². The molecule has 1 aliphatic heterocycles. The molecule has 1 aliphatic rings. The van der Waals surface area contributed by atoms with Crippen LogP contribution < -0.4 is 14.2 Å². The van der Waals surface area contributed by atoms with Crippen molar-refractivity contribution in [3.8, 4) is 17.2 Å². The quantitative estimate of drug-likeness (QED) is 0.199. The highest BCUT2D eigenvalue weighted by molar-refractivity contribution is 6.46. The Morgan fingerprint density at radius 3 is 2.41 bits per heavy atom. The second-order valence-corrected chi connectivity index (χ2v) is 10.0. The largest absolute Gasteiger partial charge is 0.507 e. The molecule has 2 aromatic carbocycles. The first-order valence-corrected chi connectivity index (χ1v) is 13.7. The first-order valence-electron chi connectivity index (χ1n) is 13.7. The third kappa shape index (κ3) is 7.12. The number of ether oxygens (including phenoxy) is 3. The van der Waals surface area contributed by atoms with E-state index in [4.69, 9.17) is 14.2 Å². The molecule has 0 radical (unpaired) electrons. The smallest absolute Gasteiger partial charge is 0.295 e. The zero-order valence-corrected chi connectivity index (χ0v) is 24.0. The first kappa shape index (κ1) is 30.0. The Morgan fingerprint density at radius 1 is 1.03 bits per heavy atom. The Kier molecular flexibility index (Phi) is 10.8. The number of methoxy groups -OCH3 is 2. The number of hydrogen-bond donors (Lipinski definition) is 1. The fraction of sp³-hybridized carbons (Fsp3) is 0.484. The SMILES string of the molecule is CCN(CC)CCCN1C(=O)C(=O)C(=C(O)c2cccc(OC)c2)C1c1ccc(OCCC(C)C)c(OC)c1. The minimum atomic E-state index is -0.772. The van der Waals surface area contributed by atoms with E-state index in [0.717, 1.165) is 26.1 Å². The van der Waals surface area contributed by atoms with Gasteiger partial charge in [-0.05, 0) is 68.2 Å². The van der Waals surface area contributed by atoms with Crippen molar-refractivity contribution in [2.75, 3.05) is 47.0 Å². The Morgan fingerprint density at radius 2 is 1.77 bits per heavy atom. The highest BCUT2D eigenvalue weighted by Gasteiger charge is 2.46. The lowest BCUT2D eigenvalue weighted by atomic mass is 9.95. The number of aliphatic hydroxyl groups excluding tert-OH is 1. The third-order valence-corrected chi connectivity index (χ3v) is 7.11. The van der Waals surface area contributed by atoms with E-state index < -0.39 is 17.7 Å². The number of benzene rings is 2. The average Bonchev–Trinajstić information content (AvgIpc) is 3.19. The van der Waals surface area contributed by atoms with Crippen molar-refractivity contribution in [3.05, 3.63) is 59.2 Å². The van der Waals surface area contributed by atoms with Crippen molar-refractivity contribution in [1.82, 2.24) is 9.80 Å². The fourth-order valence-corrected chi connectivity index (χ4v) is 4.77. The van der Waals surface area contributed by atoms with Crippen LogP contribution in [0, 0.1) is 5.92 Å². The fourth-order valence-electron chi connectivity index (χ4n) is 4.77. The first-order chi connectivity index (χ1) is 18.7. The topological polar surface area (TPSA) is 88.5 Å². The summed E-state index contributed by atoms with van der Waals surface area (Å²) in [7, 11) is 3.09. The number of Topliss-reactive ketones (excluding diaryl/α,β-unsaturated/α-hetero) is 1. The van der Waals surface area contributed by atoms with Crippen LogP contribution in [0.5, 0.6) is 17.2 Å². The second-order valence-electron chi connectivity index (χ2n) is 10.0. The van der Waals surface area contributed by atoms with Crippen molar-refractivity contribution in [3.63, 3.8) is 0 Å². The molecule has 3 rings (SSSR count). The van der Waals surface area contributed by atoms with Crippen LogP contribution >= 0.6 is 0 Å². The minimum absolute atomic E-state index is 0.0478. The normalized spacial score (nSPS) is 16.8. The van der Waals surface area contributed by atoms with Gasteiger partial charge in [-0.25, -0.2) is 0 Å². The maximum Gasteiger partial charge on any atom is 0.295 e. The molecule has 1 unspecified atom stereocenters. The van der Waals surface area contributed by atoms with Gasteiger partial charge in [0.05, 0.1) is 32.4 Å². The molecule has 0 aliphatic carbocycles. The molecule has 39 heavy (non-hydrogen) atoms. The number of hydrogen-bond acceptors (Lipinski definition) is 7. The van der Waals surface area contributed by atoms with Crippen molar-refractivity contribution < 1.29 is 28.9 Å². The van der Waals surface area contributed by atoms with Crippen LogP contribution in [0.2, 0.25) is 0 Å². The highest BCUT2D eigenvalue weighted by atomic mass is 16.5. The Balaban J connectivity index is 2.06. The van der Waals surface area contributed by atoms with Gasteiger partial charge >= 0.3 is 0 Å². The molecule has 1 atom stereocenters. The Hall–Kier alpha value is -3.52. The van der Waals surface area contributed by atoms with E-state index in [0.29, 0.717) is 53.9 Å². The average molecular weight is 539 g/mol. The number of aliphatic hydroxyl groups is 1. The van der Waals surface area contributed by atoms with E-state index in [1.807, 2.05) is 6.07 Å². The number of rotatable bonds is 14. The summed E-state index contributed by atoms with van der Waals surface area (Å²) in [5, 5.41) is 11.4. The van der Waals surface area contributed by atoms with E-state index in [1.54, 1.807) is 48.4 Å². The lowest BCUT2D eigenvalue weighted by molar-refractivity contribution is -0.140. The highest BCUT2D eigenvalue weighted by Crippen LogP contribution is 2.42. The van der Waals surface area contributed by atoms with Gasteiger partial charge in [-0.15, -0.1) is 0 Å². The van der Waals surface area contributed by atoms with E-state index in [1.165, 1.54) is 7.11 Å². The summed E-state index contributed by atoms with van der Waals surface area (Å²) in [6, 6.07) is 11.5. The number of nitrogens with zero attached hydrogens (tertiary/aromatic N) is 2. The summed E-state index contributed by atoms with van der Waals surface area (Å²) in [5.41, 5.74) is 1.11. The maximum absolute atomic E-state index is 13.4. The van der Waals surface area contributed by atoms with E-state index in [9.17, 15) is 14.7 Å². The van der Waals surface area contributed by atoms with Crippen LogP contribution in [0.1, 0.15) is 57.7 Å². The van der Waals surface area contributed by atoms with Crippen molar-refractivity contribution in [1.29, 1.82) is 0 Å². The molecule has 8 nitrogen and oxygen atoms in total. The van der Waals surface area contributed by atoms with Gasteiger partial charge in [-0.1, -0.05) is 45.9 Å². The van der Waals surface area contributed by atoms with Gasteiger partial charge in [0.25, 0.3) is 11.7 Å². The lowest BCUT2D eigenvalue weighted by Gasteiger charge is -2.27. The molecule has 0 bridgehead atoms. The number of amides is 1. The predicted molar refractivity (Wildman–Crippen MR) is 152 cm³/mol. The molecule has 0 spiro atoms. The van der Waals surface area contributed by atoms with Crippen LogP contribution in [-0.4, -0.2) is 73.6 Å². The molecule has 0 aromatic heterocycles. The van der Waals surface area contributed by atoms with E-state index in [-0.39, 0.29) is 11.3 Å². The number of carbonyl (C=O) groups excluding carboxylic acids is 2. The summed E-state index contributed by atoms with van der Waals surface area (Å²) >= 11 is 0. The van der Waals surface area contributed by atoms with Crippen molar-refractivity contribution in [2.24, 2.45) is 5.92 Å². The van der Waals surface area contributed by atoms with E-state index >= 15 is 0 Å².